The van der Waals surface area contributed by atoms with Gasteiger partial charge in [0.05, 0.1) is 10.7 Å². The Morgan fingerprint density at radius 1 is 1.00 bits per heavy atom. The van der Waals surface area contributed by atoms with Crippen molar-refractivity contribution in [2.24, 2.45) is 5.92 Å². The molecule has 0 spiro atoms. The van der Waals surface area contributed by atoms with Crippen molar-refractivity contribution in [1.29, 1.82) is 0 Å². The van der Waals surface area contributed by atoms with Crippen molar-refractivity contribution in [3.63, 3.8) is 0 Å². The molecule has 0 unspecified atom stereocenters. The van der Waals surface area contributed by atoms with Crippen LogP contribution in [0.2, 0.25) is 10.0 Å². The van der Waals surface area contributed by atoms with Gasteiger partial charge in [0.25, 0.3) is 0 Å². The van der Waals surface area contributed by atoms with Crippen molar-refractivity contribution in [1.82, 2.24) is 4.90 Å². The maximum atomic E-state index is 12.8. The van der Waals surface area contributed by atoms with E-state index < -0.39 is 0 Å². The summed E-state index contributed by atoms with van der Waals surface area (Å²) in [5.74, 6) is 0.858. The molecule has 4 rings (SSSR count). The Morgan fingerprint density at radius 3 is 2.35 bits per heavy atom. The minimum atomic E-state index is 0.0743. The van der Waals surface area contributed by atoms with E-state index in [1.54, 1.807) is 18.2 Å². The molecule has 2 aromatic carbocycles. The van der Waals surface area contributed by atoms with E-state index in [-0.39, 0.29) is 23.5 Å². The molecular formula is C20H20Cl2N2O2. The summed E-state index contributed by atoms with van der Waals surface area (Å²) in [6, 6.07) is 12.7. The minimum absolute atomic E-state index is 0.0743. The fraction of sp³-hybridized carbons (Fsp3) is 0.350. The fourth-order valence-corrected chi connectivity index (χ4v) is 4.23. The van der Waals surface area contributed by atoms with Crippen molar-refractivity contribution in [3.05, 3.63) is 58.1 Å². The summed E-state index contributed by atoms with van der Waals surface area (Å²) in [4.78, 5) is 16.9. The lowest BCUT2D eigenvalue weighted by atomic mass is 10.1. The molecule has 1 amide bonds. The van der Waals surface area contributed by atoms with Crippen molar-refractivity contribution < 1.29 is 9.90 Å². The number of carbonyl (C=O) groups is 1. The molecule has 136 valence electrons. The van der Waals surface area contributed by atoms with Crippen LogP contribution >= 0.6 is 23.2 Å². The molecule has 1 saturated heterocycles. The second-order valence-corrected chi connectivity index (χ2v) is 7.79. The Balaban J connectivity index is 1.35. The van der Waals surface area contributed by atoms with Gasteiger partial charge in [-0.1, -0.05) is 35.3 Å². The molecule has 2 fully saturated rings. The second-order valence-electron chi connectivity index (χ2n) is 6.95. The van der Waals surface area contributed by atoms with Gasteiger partial charge in [-0.25, -0.2) is 0 Å². The topological polar surface area (TPSA) is 43.8 Å². The van der Waals surface area contributed by atoms with Crippen LogP contribution in [0.1, 0.15) is 17.9 Å². The standard InChI is InChI=1S/C20H20Cl2N2O2/c21-14-3-6-19(18(22)11-14)23-7-9-24(10-8-23)20(26)17-12-16(17)13-1-4-15(25)5-2-13/h1-6,11,16-17,25H,7-10,12H2/t16-,17+/m1/s1. The van der Waals surface area contributed by atoms with Crippen LogP contribution in [-0.2, 0) is 4.79 Å². The van der Waals surface area contributed by atoms with Crippen LogP contribution in [0, 0.1) is 5.92 Å². The van der Waals surface area contributed by atoms with E-state index in [4.69, 9.17) is 23.2 Å². The first kappa shape index (κ1) is 17.5. The number of piperazine rings is 1. The van der Waals surface area contributed by atoms with Gasteiger partial charge >= 0.3 is 0 Å². The monoisotopic (exact) mass is 390 g/mol. The van der Waals surface area contributed by atoms with Crippen LogP contribution in [0.25, 0.3) is 0 Å². The molecule has 0 aromatic heterocycles. The Labute approximate surface area is 162 Å². The first-order valence-electron chi connectivity index (χ1n) is 8.80. The average molecular weight is 391 g/mol. The number of phenols is 1. The Bertz CT molecular complexity index is 817. The van der Waals surface area contributed by atoms with Gasteiger partial charge in [0, 0.05) is 37.1 Å². The third kappa shape index (κ3) is 3.49. The van der Waals surface area contributed by atoms with Crippen LogP contribution in [-0.4, -0.2) is 42.1 Å². The van der Waals surface area contributed by atoms with Crippen LogP contribution in [0.4, 0.5) is 5.69 Å². The summed E-state index contributed by atoms with van der Waals surface area (Å²) >= 11 is 12.3. The van der Waals surface area contributed by atoms with Crippen LogP contribution in [0.5, 0.6) is 5.75 Å². The summed E-state index contributed by atoms with van der Waals surface area (Å²) in [6.07, 6.45) is 0.896. The number of rotatable bonds is 3. The molecule has 4 nitrogen and oxygen atoms in total. The minimum Gasteiger partial charge on any atom is -0.508 e. The van der Waals surface area contributed by atoms with Gasteiger partial charge in [0.15, 0.2) is 0 Å². The quantitative estimate of drug-likeness (QED) is 0.855. The number of carbonyl (C=O) groups excluding carboxylic acids is 1. The number of hydrogen-bond donors (Lipinski definition) is 1. The number of hydrogen-bond acceptors (Lipinski definition) is 3. The molecule has 0 radical (unpaired) electrons. The molecule has 0 bridgehead atoms. The summed E-state index contributed by atoms with van der Waals surface area (Å²) in [7, 11) is 0. The summed E-state index contributed by atoms with van der Waals surface area (Å²) in [6.45, 7) is 2.94. The van der Waals surface area contributed by atoms with Crippen LogP contribution in [0.15, 0.2) is 42.5 Å². The number of phenolic OH excluding ortho intramolecular Hbond substituents is 1. The third-order valence-electron chi connectivity index (χ3n) is 5.27. The first-order chi connectivity index (χ1) is 12.5. The van der Waals surface area contributed by atoms with Crippen molar-refractivity contribution >= 4 is 34.8 Å². The number of benzene rings is 2. The largest absolute Gasteiger partial charge is 0.508 e. The highest BCUT2D eigenvalue weighted by atomic mass is 35.5. The Kier molecular flexibility index (Phi) is 4.72. The van der Waals surface area contributed by atoms with Crippen LogP contribution < -0.4 is 4.90 Å². The Hall–Kier alpha value is -1.91. The number of anilines is 1. The third-order valence-corrected chi connectivity index (χ3v) is 5.81. The maximum Gasteiger partial charge on any atom is 0.226 e. The second kappa shape index (κ2) is 7.01. The van der Waals surface area contributed by atoms with E-state index in [0.717, 1.165) is 30.8 Å². The number of halogens is 2. The molecule has 6 heteroatoms. The van der Waals surface area contributed by atoms with Gasteiger partial charge in [0.2, 0.25) is 5.91 Å². The molecule has 1 aliphatic heterocycles. The highest BCUT2D eigenvalue weighted by Gasteiger charge is 2.46. The van der Waals surface area contributed by atoms with Gasteiger partial charge < -0.3 is 14.9 Å². The zero-order valence-corrected chi connectivity index (χ0v) is 15.7. The summed E-state index contributed by atoms with van der Waals surface area (Å²) in [5.41, 5.74) is 2.10. The van der Waals surface area contributed by atoms with Gasteiger partial charge in [0.1, 0.15) is 5.75 Å². The molecular weight excluding hydrogens is 371 g/mol. The molecule has 2 aliphatic rings. The lowest BCUT2D eigenvalue weighted by Gasteiger charge is -2.36. The lowest BCUT2D eigenvalue weighted by Crippen LogP contribution is -2.49. The van der Waals surface area contributed by atoms with Crippen LogP contribution in [0.3, 0.4) is 0 Å². The predicted molar refractivity (Wildman–Crippen MR) is 104 cm³/mol. The first-order valence-corrected chi connectivity index (χ1v) is 9.56. The van der Waals surface area contributed by atoms with Gasteiger partial charge in [-0.3, -0.25) is 4.79 Å². The van der Waals surface area contributed by atoms with E-state index in [1.165, 1.54) is 0 Å². The molecule has 2 aromatic rings. The molecule has 1 N–H and O–H groups in total. The highest BCUT2D eigenvalue weighted by molar-refractivity contribution is 6.36. The van der Waals surface area contributed by atoms with Crippen molar-refractivity contribution in [2.75, 3.05) is 31.1 Å². The maximum absolute atomic E-state index is 12.8. The highest BCUT2D eigenvalue weighted by Crippen LogP contribution is 2.48. The Morgan fingerprint density at radius 2 is 1.69 bits per heavy atom. The number of amides is 1. The predicted octanol–water partition coefficient (Wildman–Crippen LogP) is 4.15. The van der Waals surface area contributed by atoms with Gasteiger partial charge in [-0.15, -0.1) is 0 Å². The number of aromatic hydroxyl groups is 1. The van der Waals surface area contributed by atoms with E-state index >= 15 is 0 Å². The van der Waals surface area contributed by atoms with E-state index in [2.05, 4.69) is 4.90 Å². The summed E-state index contributed by atoms with van der Waals surface area (Å²) in [5, 5.41) is 10.7. The molecule has 2 atom stereocenters. The fourth-order valence-electron chi connectivity index (χ4n) is 3.70. The summed E-state index contributed by atoms with van der Waals surface area (Å²) < 4.78 is 0. The SMILES string of the molecule is O=C([C@H]1C[C@@H]1c1ccc(O)cc1)N1CCN(c2ccc(Cl)cc2Cl)CC1. The molecule has 1 saturated carbocycles. The van der Waals surface area contributed by atoms with Gasteiger partial charge in [-0.2, -0.15) is 0 Å². The smallest absolute Gasteiger partial charge is 0.226 e. The normalized spacial score (nSPS) is 22.4. The van der Waals surface area contributed by atoms with Crippen molar-refractivity contribution in [2.45, 2.75) is 12.3 Å². The molecule has 26 heavy (non-hydrogen) atoms. The zero-order valence-electron chi connectivity index (χ0n) is 14.2. The average Bonchev–Trinajstić information content (AvgIpc) is 3.43. The zero-order chi connectivity index (χ0) is 18.3. The van der Waals surface area contributed by atoms with E-state index in [1.807, 2.05) is 29.2 Å². The lowest BCUT2D eigenvalue weighted by molar-refractivity contribution is -0.132. The van der Waals surface area contributed by atoms with Gasteiger partial charge in [-0.05, 0) is 48.2 Å². The van der Waals surface area contributed by atoms with E-state index in [0.29, 0.717) is 23.1 Å². The molecule has 1 aliphatic carbocycles. The van der Waals surface area contributed by atoms with E-state index in [9.17, 15) is 9.90 Å². The number of nitrogens with zero attached hydrogens (tertiary/aromatic N) is 2. The van der Waals surface area contributed by atoms with Crippen molar-refractivity contribution in [3.8, 4) is 5.75 Å². The molecule has 1 heterocycles.